The fourth-order valence-corrected chi connectivity index (χ4v) is 1.54. The minimum absolute atomic E-state index is 0.162. The monoisotopic (exact) mass is 306 g/mol. The van der Waals surface area contributed by atoms with E-state index in [0.29, 0.717) is 0 Å². The van der Waals surface area contributed by atoms with Gasteiger partial charge in [-0.05, 0) is 0 Å². The minimum atomic E-state index is -1.64. The molecule has 0 aromatic carbocycles. The molecule has 0 unspecified atom stereocenters. The second-order valence-electron chi connectivity index (χ2n) is 4.11. The molecular formula is C12H18O9. The fraction of sp³-hybridized carbons (Fsp3) is 0.667. The van der Waals surface area contributed by atoms with Crippen molar-refractivity contribution in [1.29, 1.82) is 0 Å². The average molecular weight is 306 g/mol. The van der Waals surface area contributed by atoms with Crippen LogP contribution in [-0.4, -0.2) is 65.4 Å². The predicted molar refractivity (Wildman–Crippen MR) is 65.8 cm³/mol. The molecule has 0 fully saturated rings. The molecule has 0 saturated heterocycles. The fourth-order valence-electron chi connectivity index (χ4n) is 1.54. The van der Waals surface area contributed by atoms with Crippen LogP contribution in [0.3, 0.4) is 0 Å². The van der Waals surface area contributed by atoms with E-state index in [2.05, 4.69) is 4.74 Å². The van der Waals surface area contributed by atoms with E-state index in [4.69, 9.17) is 14.6 Å². The zero-order chi connectivity index (χ0) is 16.6. The van der Waals surface area contributed by atoms with Gasteiger partial charge in [0, 0.05) is 20.8 Å². The largest absolute Gasteiger partial charge is 0.456 e. The maximum absolute atomic E-state index is 11.1. The molecule has 0 aromatic heterocycles. The molecule has 0 bridgehead atoms. The Morgan fingerprint density at radius 1 is 0.952 bits per heavy atom. The van der Waals surface area contributed by atoms with Crippen LogP contribution in [0, 0.1) is 0 Å². The molecule has 4 atom stereocenters. The molecule has 0 amide bonds. The maximum atomic E-state index is 11.1. The summed E-state index contributed by atoms with van der Waals surface area (Å²) in [7, 11) is 0. The lowest BCUT2D eigenvalue weighted by Crippen LogP contribution is -2.52. The van der Waals surface area contributed by atoms with Crippen LogP contribution in [0.2, 0.25) is 0 Å². The Labute approximate surface area is 120 Å². The molecule has 0 aliphatic rings. The summed E-state index contributed by atoms with van der Waals surface area (Å²) in [5.74, 6) is -2.55. The number of esters is 3. The van der Waals surface area contributed by atoms with Crippen LogP contribution in [0.5, 0.6) is 0 Å². The van der Waals surface area contributed by atoms with Gasteiger partial charge in [-0.25, -0.2) is 0 Å². The standard InChI is InChI=1S/C12H18O9/c1-6(15)19-10(5-14)12(21-8(3)17)11(9(18)4-13)20-7(2)16/h5,9-13,18H,4H2,1-3H3/t9-,10-,11-,12-/m1/s1. The number of rotatable bonds is 8. The molecule has 2 N–H and O–H groups in total. The van der Waals surface area contributed by atoms with Crippen LogP contribution in [0.4, 0.5) is 0 Å². The molecular weight excluding hydrogens is 288 g/mol. The van der Waals surface area contributed by atoms with Crippen LogP contribution >= 0.6 is 0 Å². The Hall–Kier alpha value is -2.00. The summed E-state index contributed by atoms with van der Waals surface area (Å²) < 4.78 is 14.2. The van der Waals surface area contributed by atoms with Crippen molar-refractivity contribution in [2.24, 2.45) is 0 Å². The molecule has 0 saturated carbocycles. The summed E-state index contributed by atoms with van der Waals surface area (Å²) in [4.78, 5) is 44.1. The number of hydrogen-bond donors (Lipinski definition) is 2. The van der Waals surface area contributed by atoms with E-state index >= 15 is 0 Å². The highest BCUT2D eigenvalue weighted by Gasteiger charge is 2.40. The first-order valence-corrected chi connectivity index (χ1v) is 5.98. The lowest BCUT2D eigenvalue weighted by atomic mass is 10.0. The lowest BCUT2D eigenvalue weighted by molar-refractivity contribution is -0.193. The Morgan fingerprint density at radius 3 is 1.71 bits per heavy atom. The van der Waals surface area contributed by atoms with Gasteiger partial charge >= 0.3 is 17.9 Å². The van der Waals surface area contributed by atoms with Crippen molar-refractivity contribution in [3.05, 3.63) is 0 Å². The van der Waals surface area contributed by atoms with Gasteiger partial charge in [-0.2, -0.15) is 0 Å². The van der Waals surface area contributed by atoms with E-state index in [9.17, 15) is 24.3 Å². The summed E-state index contributed by atoms with van der Waals surface area (Å²) in [5, 5.41) is 18.6. The van der Waals surface area contributed by atoms with Crippen molar-refractivity contribution in [3.63, 3.8) is 0 Å². The number of aliphatic hydroxyl groups is 2. The van der Waals surface area contributed by atoms with Crippen LogP contribution in [-0.2, 0) is 33.4 Å². The Kier molecular flexibility index (Phi) is 8.17. The van der Waals surface area contributed by atoms with E-state index in [1.54, 1.807) is 0 Å². The van der Waals surface area contributed by atoms with E-state index < -0.39 is 48.9 Å². The van der Waals surface area contributed by atoms with Gasteiger partial charge in [-0.1, -0.05) is 0 Å². The molecule has 9 nitrogen and oxygen atoms in total. The van der Waals surface area contributed by atoms with Gasteiger partial charge in [0.25, 0.3) is 0 Å². The number of hydrogen-bond acceptors (Lipinski definition) is 9. The molecule has 120 valence electrons. The summed E-state index contributed by atoms with van der Waals surface area (Å²) in [6.07, 6.45) is -6.25. The van der Waals surface area contributed by atoms with Crippen molar-refractivity contribution in [2.75, 3.05) is 6.61 Å². The van der Waals surface area contributed by atoms with Gasteiger partial charge in [0.05, 0.1) is 6.61 Å². The topological polar surface area (TPSA) is 136 Å². The van der Waals surface area contributed by atoms with Crippen LogP contribution < -0.4 is 0 Å². The number of aldehydes is 1. The van der Waals surface area contributed by atoms with Crippen molar-refractivity contribution in [1.82, 2.24) is 0 Å². The van der Waals surface area contributed by atoms with Gasteiger partial charge in [-0.15, -0.1) is 0 Å². The molecule has 0 aliphatic heterocycles. The maximum Gasteiger partial charge on any atom is 0.303 e. The van der Waals surface area contributed by atoms with Gasteiger partial charge in [-0.3, -0.25) is 19.2 Å². The quantitative estimate of drug-likeness (QED) is 0.306. The van der Waals surface area contributed by atoms with Crippen molar-refractivity contribution in [3.8, 4) is 0 Å². The van der Waals surface area contributed by atoms with E-state index in [-0.39, 0.29) is 6.29 Å². The van der Waals surface area contributed by atoms with Gasteiger partial charge in [0.15, 0.2) is 24.6 Å². The minimum Gasteiger partial charge on any atom is -0.456 e. The van der Waals surface area contributed by atoms with Gasteiger partial charge < -0.3 is 24.4 Å². The Balaban J connectivity index is 5.45. The third-order valence-electron chi connectivity index (χ3n) is 2.25. The molecule has 0 radical (unpaired) electrons. The average Bonchev–Trinajstić information content (AvgIpc) is 2.38. The zero-order valence-corrected chi connectivity index (χ0v) is 11.8. The summed E-state index contributed by atoms with van der Waals surface area (Å²) in [6, 6.07) is 0. The zero-order valence-electron chi connectivity index (χ0n) is 11.8. The number of carbonyl (C=O) groups excluding carboxylic acids is 4. The van der Waals surface area contributed by atoms with E-state index in [1.807, 2.05) is 0 Å². The molecule has 21 heavy (non-hydrogen) atoms. The molecule has 0 aromatic rings. The third-order valence-corrected chi connectivity index (χ3v) is 2.25. The first kappa shape index (κ1) is 19.0. The number of carbonyl (C=O) groups is 4. The molecule has 0 rings (SSSR count). The highest BCUT2D eigenvalue weighted by Crippen LogP contribution is 2.16. The SMILES string of the molecule is CC(=O)O[C@@H]([C@H](OC(C)=O)[C@@H](C=O)OC(C)=O)[C@H](O)CO. The van der Waals surface area contributed by atoms with Crippen molar-refractivity contribution in [2.45, 2.75) is 45.2 Å². The first-order chi connectivity index (χ1) is 9.72. The predicted octanol–water partition coefficient (Wildman–Crippen LogP) is -1.67. The van der Waals surface area contributed by atoms with Crippen LogP contribution in [0.25, 0.3) is 0 Å². The van der Waals surface area contributed by atoms with Crippen LogP contribution in [0.15, 0.2) is 0 Å². The summed E-state index contributed by atoms with van der Waals surface area (Å²) in [5.41, 5.74) is 0. The van der Waals surface area contributed by atoms with E-state index in [1.165, 1.54) is 0 Å². The molecule has 0 heterocycles. The molecule has 0 spiro atoms. The Morgan fingerprint density at radius 2 is 1.38 bits per heavy atom. The Bertz CT molecular complexity index is 392. The highest BCUT2D eigenvalue weighted by molar-refractivity contribution is 5.72. The highest BCUT2D eigenvalue weighted by atomic mass is 16.6. The second kappa shape index (κ2) is 9.03. The van der Waals surface area contributed by atoms with Crippen molar-refractivity contribution < 1.29 is 43.6 Å². The summed E-state index contributed by atoms with van der Waals surface area (Å²) in [6.45, 7) is 2.22. The lowest BCUT2D eigenvalue weighted by Gasteiger charge is -2.31. The number of ether oxygens (including phenoxy) is 3. The van der Waals surface area contributed by atoms with Gasteiger partial charge in [0.2, 0.25) is 0 Å². The van der Waals surface area contributed by atoms with Gasteiger partial charge in [0.1, 0.15) is 6.10 Å². The normalized spacial score (nSPS) is 16.0. The number of aliphatic hydroxyl groups excluding tert-OH is 2. The summed E-state index contributed by atoms with van der Waals surface area (Å²) >= 11 is 0. The van der Waals surface area contributed by atoms with Crippen LogP contribution in [0.1, 0.15) is 20.8 Å². The van der Waals surface area contributed by atoms with E-state index in [0.717, 1.165) is 20.8 Å². The smallest absolute Gasteiger partial charge is 0.303 e. The molecule has 0 aliphatic carbocycles. The molecule has 9 heteroatoms. The third kappa shape index (κ3) is 6.82. The second-order valence-corrected chi connectivity index (χ2v) is 4.11. The first-order valence-electron chi connectivity index (χ1n) is 5.98. The van der Waals surface area contributed by atoms with Crippen molar-refractivity contribution >= 4 is 24.2 Å².